The van der Waals surface area contributed by atoms with Crippen molar-refractivity contribution in [3.8, 4) is 0 Å². The number of carbonyl (C=O) groups excluding carboxylic acids is 1. The number of H-pyrrole nitrogens is 1. The zero-order valence-corrected chi connectivity index (χ0v) is 14.5. The fourth-order valence-electron chi connectivity index (χ4n) is 2.57. The lowest BCUT2D eigenvalue weighted by Gasteiger charge is -2.31. The van der Waals surface area contributed by atoms with Crippen LogP contribution in [-0.4, -0.2) is 56.1 Å². The number of hydrogen-bond donors (Lipinski definition) is 1. The average molecular weight is 348 g/mol. The summed E-state index contributed by atoms with van der Waals surface area (Å²) in [7, 11) is -1.05. The first-order valence-electron chi connectivity index (χ1n) is 7.84. The summed E-state index contributed by atoms with van der Waals surface area (Å²) in [5.41, 5.74) is 0.578. The number of aryl methyl sites for hydroxylation is 1. The predicted molar refractivity (Wildman–Crippen MR) is 89.1 cm³/mol. The summed E-state index contributed by atoms with van der Waals surface area (Å²) in [6, 6.07) is 6.88. The average Bonchev–Trinajstić information content (AvgIpc) is 3.10. The van der Waals surface area contributed by atoms with Gasteiger partial charge in [-0.2, -0.15) is 5.10 Å². The zero-order chi connectivity index (χ0) is 17.1. The van der Waals surface area contributed by atoms with Crippen LogP contribution in [0, 0.1) is 0 Å². The molecule has 24 heavy (non-hydrogen) atoms. The molecule has 0 radical (unpaired) electrons. The number of benzene rings is 1. The van der Waals surface area contributed by atoms with Crippen LogP contribution >= 0.6 is 0 Å². The van der Waals surface area contributed by atoms with Gasteiger partial charge >= 0.3 is 0 Å². The van der Waals surface area contributed by atoms with E-state index >= 15 is 0 Å². The van der Waals surface area contributed by atoms with Crippen LogP contribution in [0.15, 0.2) is 29.2 Å². The normalized spacial score (nSPS) is 19.2. The van der Waals surface area contributed by atoms with Crippen molar-refractivity contribution < 1.29 is 13.7 Å². The van der Waals surface area contributed by atoms with Gasteiger partial charge in [0.15, 0.2) is 5.82 Å². The first-order chi connectivity index (χ1) is 11.6. The Labute approximate surface area is 142 Å². The number of hydrogen-bond acceptors (Lipinski definition) is 5. The SMILES string of the molecule is CCc1nc([C@H]2CN(C(=O)c3ccc([S@](C)=O)cc3)CCO2)n[nH]1. The summed E-state index contributed by atoms with van der Waals surface area (Å²) >= 11 is 0. The lowest BCUT2D eigenvalue weighted by Crippen LogP contribution is -2.42. The fourth-order valence-corrected chi connectivity index (χ4v) is 3.09. The van der Waals surface area contributed by atoms with E-state index in [2.05, 4.69) is 15.2 Å². The smallest absolute Gasteiger partial charge is 0.254 e. The molecule has 1 aromatic carbocycles. The van der Waals surface area contributed by atoms with Crippen LogP contribution in [0.3, 0.4) is 0 Å². The maximum absolute atomic E-state index is 12.7. The van der Waals surface area contributed by atoms with E-state index in [9.17, 15) is 9.00 Å². The van der Waals surface area contributed by atoms with Crippen molar-refractivity contribution in [1.29, 1.82) is 0 Å². The number of aromatic nitrogens is 3. The standard InChI is InChI=1S/C16H20N4O3S/c1-3-14-17-15(19-18-14)13-10-20(8-9-23-13)16(21)11-4-6-12(7-5-11)24(2)22/h4-7,13H,3,8-10H2,1-2H3,(H,17,18,19)/t13-,24+/m1/s1. The van der Waals surface area contributed by atoms with Crippen LogP contribution in [-0.2, 0) is 22.0 Å². The van der Waals surface area contributed by atoms with Gasteiger partial charge in [0.1, 0.15) is 11.9 Å². The summed E-state index contributed by atoms with van der Waals surface area (Å²) in [6.07, 6.45) is 2.07. The van der Waals surface area contributed by atoms with E-state index in [1.165, 1.54) is 0 Å². The molecule has 1 aliphatic heterocycles. The molecular formula is C16H20N4O3S. The van der Waals surface area contributed by atoms with Crippen LogP contribution in [0.1, 0.15) is 35.0 Å². The van der Waals surface area contributed by atoms with Crippen molar-refractivity contribution in [2.24, 2.45) is 0 Å². The number of ether oxygens (including phenoxy) is 1. The van der Waals surface area contributed by atoms with Crippen molar-refractivity contribution in [3.63, 3.8) is 0 Å². The lowest BCUT2D eigenvalue weighted by atomic mass is 10.1. The van der Waals surface area contributed by atoms with Gasteiger partial charge in [0.05, 0.1) is 13.2 Å². The van der Waals surface area contributed by atoms with Crippen LogP contribution < -0.4 is 0 Å². The van der Waals surface area contributed by atoms with Crippen molar-refractivity contribution in [3.05, 3.63) is 41.5 Å². The molecule has 1 amide bonds. The molecule has 7 nitrogen and oxygen atoms in total. The Morgan fingerprint density at radius 2 is 2.17 bits per heavy atom. The molecule has 128 valence electrons. The number of nitrogens with one attached hydrogen (secondary N) is 1. The molecule has 1 aliphatic rings. The van der Waals surface area contributed by atoms with Gasteiger partial charge in [-0.15, -0.1) is 0 Å². The van der Waals surface area contributed by atoms with Crippen molar-refractivity contribution >= 4 is 16.7 Å². The van der Waals surface area contributed by atoms with E-state index in [-0.39, 0.29) is 12.0 Å². The third-order valence-electron chi connectivity index (χ3n) is 3.96. The minimum Gasteiger partial charge on any atom is -0.366 e. The molecule has 3 rings (SSSR count). The summed E-state index contributed by atoms with van der Waals surface area (Å²) in [6.45, 7) is 3.39. The zero-order valence-electron chi connectivity index (χ0n) is 13.7. The van der Waals surface area contributed by atoms with Gasteiger partial charge in [0, 0.05) is 40.5 Å². The highest BCUT2D eigenvalue weighted by atomic mass is 32.2. The minimum atomic E-state index is -1.05. The first kappa shape index (κ1) is 16.8. The third-order valence-corrected chi connectivity index (χ3v) is 4.89. The molecule has 1 N–H and O–H groups in total. The molecule has 0 aliphatic carbocycles. The van der Waals surface area contributed by atoms with Crippen LogP contribution in [0.4, 0.5) is 0 Å². The second-order valence-electron chi connectivity index (χ2n) is 5.58. The molecule has 2 aromatic rings. The maximum Gasteiger partial charge on any atom is 0.254 e. The lowest BCUT2D eigenvalue weighted by molar-refractivity contribution is -0.0266. The molecule has 1 aromatic heterocycles. The monoisotopic (exact) mass is 348 g/mol. The highest BCUT2D eigenvalue weighted by molar-refractivity contribution is 7.84. The summed E-state index contributed by atoms with van der Waals surface area (Å²) in [4.78, 5) is 19.5. The molecule has 0 bridgehead atoms. The molecule has 1 fully saturated rings. The van der Waals surface area contributed by atoms with Gasteiger partial charge in [-0.1, -0.05) is 6.92 Å². The summed E-state index contributed by atoms with van der Waals surface area (Å²) < 4.78 is 17.1. The van der Waals surface area contributed by atoms with E-state index < -0.39 is 10.8 Å². The topological polar surface area (TPSA) is 88.2 Å². The Balaban J connectivity index is 1.71. The molecule has 0 saturated carbocycles. The number of rotatable bonds is 4. The first-order valence-corrected chi connectivity index (χ1v) is 9.40. The Hall–Kier alpha value is -2.06. The molecule has 2 atom stereocenters. The minimum absolute atomic E-state index is 0.0667. The highest BCUT2D eigenvalue weighted by Gasteiger charge is 2.28. The maximum atomic E-state index is 12.7. The van der Waals surface area contributed by atoms with Gasteiger partial charge in [0.25, 0.3) is 5.91 Å². The quantitative estimate of drug-likeness (QED) is 0.900. The van der Waals surface area contributed by atoms with Crippen molar-refractivity contribution in [2.75, 3.05) is 26.0 Å². The van der Waals surface area contributed by atoms with E-state index in [1.807, 2.05) is 6.92 Å². The molecule has 0 spiro atoms. The number of aromatic amines is 1. The largest absolute Gasteiger partial charge is 0.366 e. The molecule has 8 heteroatoms. The second-order valence-corrected chi connectivity index (χ2v) is 6.96. The van der Waals surface area contributed by atoms with Crippen molar-refractivity contribution in [1.82, 2.24) is 20.1 Å². The third kappa shape index (κ3) is 3.54. The molecule has 1 saturated heterocycles. The Bertz CT molecular complexity index is 744. The molecular weight excluding hydrogens is 328 g/mol. The van der Waals surface area contributed by atoms with E-state index in [0.29, 0.717) is 36.0 Å². The number of morpholine rings is 1. The van der Waals surface area contributed by atoms with Crippen LogP contribution in [0.5, 0.6) is 0 Å². The Kier molecular flexibility index (Phi) is 5.06. The fraction of sp³-hybridized carbons (Fsp3) is 0.438. The second kappa shape index (κ2) is 7.23. The number of carbonyl (C=O) groups is 1. The van der Waals surface area contributed by atoms with E-state index in [4.69, 9.17) is 4.74 Å². The predicted octanol–water partition coefficient (Wildman–Crippen LogP) is 1.32. The Morgan fingerprint density at radius 1 is 1.42 bits per heavy atom. The van der Waals surface area contributed by atoms with Crippen LogP contribution in [0.2, 0.25) is 0 Å². The van der Waals surface area contributed by atoms with Crippen molar-refractivity contribution in [2.45, 2.75) is 24.3 Å². The van der Waals surface area contributed by atoms with Gasteiger partial charge < -0.3 is 9.64 Å². The number of nitrogens with zero attached hydrogens (tertiary/aromatic N) is 3. The molecule has 2 heterocycles. The van der Waals surface area contributed by atoms with Crippen LogP contribution in [0.25, 0.3) is 0 Å². The highest BCUT2D eigenvalue weighted by Crippen LogP contribution is 2.21. The van der Waals surface area contributed by atoms with E-state index in [1.54, 1.807) is 35.4 Å². The number of amides is 1. The summed E-state index contributed by atoms with van der Waals surface area (Å²) in [5.74, 6) is 1.32. The molecule has 0 unspecified atom stereocenters. The Morgan fingerprint density at radius 3 is 2.79 bits per heavy atom. The van der Waals surface area contributed by atoms with Gasteiger partial charge in [-0.3, -0.25) is 14.1 Å². The summed E-state index contributed by atoms with van der Waals surface area (Å²) in [5, 5.41) is 7.05. The van der Waals surface area contributed by atoms with Gasteiger partial charge in [-0.05, 0) is 24.3 Å². The van der Waals surface area contributed by atoms with Gasteiger partial charge in [0.2, 0.25) is 0 Å². The van der Waals surface area contributed by atoms with E-state index in [0.717, 1.165) is 12.2 Å². The van der Waals surface area contributed by atoms with Gasteiger partial charge in [-0.25, -0.2) is 4.98 Å².